The molecule has 0 radical (unpaired) electrons. The van der Waals surface area contributed by atoms with Crippen molar-refractivity contribution in [1.29, 1.82) is 0 Å². The van der Waals surface area contributed by atoms with Crippen molar-refractivity contribution in [3.8, 4) is 0 Å². The van der Waals surface area contributed by atoms with Crippen LogP contribution < -0.4 is 27.0 Å². The minimum atomic E-state index is -1.60. The van der Waals surface area contributed by atoms with Gasteiger partial charge in [0.15, 0.2) is 0 Å². The maximum absolute atomic E-state index is 13.4. The number of urea groups is 1. The van der Waals surface area contributed by atoms with Gasteiger partial charge in [-0.1, -0.05) is 12.1 Å². The van der Waals surface area contributed by atoms with Crippen molar-refractivity contribution in [3.63, 3.8) is 0 Å². The van der Waals surface area contributed by atoms with Crippen molar-refractivity contribution in [2.24, 2.45) is 17.6 Å². The molecule has 14 nitrogen and oxygen atoms in total. The zero-order chi connectivity index (χ0) is 32.6. The van der Waals surface area contributed by atoms with Crippen LogP contribution in [0, 0.1) is 17.7 Å². The minimum absolute atomic E-state index is 0.0545. The molecule has 242 valence electrons. The Kier molecular flexibility index (Phi) is 14.8. The Morgan fingerprint density at radius 2 is 1.59 bits per heavy atom. The summed E-state index contributed by atoms with van der Waals surface area (Å²) in [5.74, 6) is -5.28. The van der Waals surface area contributed by atoms with Gasteiger partial charge in [0, 0.05) is 18.9 Å². The van der Waals surface area contributed by atoms with Gasteiger partial charge in [0.05, 0.1) is 6.42 Å². The number of hydrogen-bond acceptors (Lipinski definition) is 7. The van der Waals surface area contributed by atoms with Crippen LogP contribution in [0.1, 0.15) is 56.9 Å². The summed E-state index contributed by atoms with van der Waals surface area (Å²) in [5.41, 5.74) is 5.67. The lowest BCUT2D eigenvalue weighted by Crippen LogP contribution is -2.50. The number of nitrogens with one attached hydrogen (secondary N) is 4. The number of benzene rings is 1. The molecule has 0 spiro atoms. The zero-order valence-electron chi connectivity index (χ0n) is 24.2. The second-order valence-electron chi connectivity index (χ2n) is 10.6. The molecule has 1 aliphatic rings. The van der Waals surface area contributed by atoms with E-state index in [1.165, 1.54) is 24.3 Å². The molecule has 1 aromatic carbocycles. The average Bonchev–Trinajstić information content (AvgIpc) is 2.98. The Bertz CT molecular complexity index is 1200. The summed E-state index contributed by atoms with van der Waals surface area (Å²) in [6.07, 6.45) is 3.75. The number of carboxylic acids is 3. The monoisotopic (exact) mass is 621 g/mol. The third-order valence-corrected chi connectivity index (χ3v) is 7.32. The Balaban J connectivity index is 1.90. The summed E-state index contributed by atoms with van der Waals surface area (Å²) in [7, 11) is 0. The molecule has 0 aromatic heterocycles. The maximum atomic E-state index is 13.4. The van der Waals surface area contributed by atoms with E-state index < -0.39 is 59.9 Å². The molecule has 15 heteroatoms. The molecular formula is C29H40FN5O9. The molecule has 44 heavy (non-hydrogen) atoms. The van der Waals surface area contributed by atoms with E-state index in [0.29, 0.717) is 37.3 Å². The number of hydrogen-bond donors (Lipinski definition) is 8. The van der Waals surface area contributed by atoms with Gasteiger partial charge in [0.2, 0.25) is 11.8 Å². The number of carboxylic acid groups (broad SMARTS) is 3. The van der Waals surface area contributed by atoms with Gasteiger partial charge in [0.25, 0.3) is 0 Å². The third kappa shape index (κ3) is 12.8. The van der Waals surface area contributed by atoms with Crippen LogP contribution in [0.5, 0.6) is 0 Å². The maximum Gasteiger partial charge on any atom is 0.352 e. The number of amides is 4. The van der Waals surface area contributed by atoms with Crippen LogP contribution in [0.15, 0.2) is 36.0 Å². The van der Waals surface area contributed by atoms with E-state index >= 15 is 0 Å². The summed E-state index contributed by atoms with van der Waals surface area (Å²) in [5, 5.41) is 36.8. The number of nitrogens with two attached hydrogens (primary N) is 1. The fourth-order valence-electron chi connectivity index (χ4n) is 4.78. The molecule has 2 atom stereocenters. The van der Waals surface area contributed by atoms with Crippen molar-refractivity contribution in [1.82, 2.24) is 21.3 Å². The van der Waals surface area contributed by atoms with Gasteiger partial charge in [-0.3, -0.25) is 14.4 Å². The molecule has 1 aliphatic carbocycles. The van der Waals surface area contributed by atoms with Crippen molar-refractivity contribution in [2.45, 2.75) is 69.9 Å². The number of unbranched alkanes of at least 4 members (excludes halogenated alkanes) is 1. The van der Waals surface area contributed by atoms with Crippen LogP contribution in [0.2, 0.25) is 0 Å². The Morgan fingerprint density at radius 1 is 0.932 bits per heavy atom. The van der Waals surface area contributed by atoms with Crippen molar-refractivity contribution in [3.05, 3.63) is 47.4 Å². The van der Waals surface area contributed by atoms with Gasteiger partial charge >= 0.3 is 23.9 Å². The molecule has 1 saturated carbocycles. The topological polar surface area (TPSA) is 237 Å². The molecule has 0 heterocycles. The Morgan fingerprint density at radius 3 is 2.16 bits per heavy atom. The fourth-order valence-corrected chi connectivity index (χ4v) is 4.78. The largest absolute Gasteiger partial charge is 0.481 e. The van der Waals surface area contributed by atoms with Crippen LogP contribution in [0.25, 0.3) is 0 Å². The van der Waals surface area contributed by atoms with E-state index in [2.05, 4.69) is 16.0 Å². The first-order valence-corrected chi connectivity index (χ1v) is 14.4. The predicted octanol–water partition coefficient (Wildman–Crippen LogP) is 1.10. The molecule has 4 amide bonds. The highest BCUT2D eigenvalue weighted by molar-refractivity contribution is 5.93. The molecule has 0 unspecified atom stereocenters. The van der Waals surface area contributed by atoms with Crippen molar-refractivity contribution >= 4 is 35.8 Å². The quantitative estimate of drug-likeness (QED) is 0.0910. The first-order valence-electron chi connectivity index (χ1n) is 14.4. The van der Waals surface area contributed by atoms with Gasteiger partial charge in [0.1, 0.15) is 23.6 Å². The number of carbonyl (C=O) groups is 6. The van der Waals surface area contributed by atoms with E-state index in [4.69, 9.17) is 15.9 Å². The molecule has 1 fully saturated rings. The fraction of sp³-hybridized carbons (Fsp3) is 0.517. The van der Waals surface area contributed by atoms with Crippen molar-refractivity contribution < 1.29 is 48.5 Å². The summed E-state index contributed by atoms with van der Waals surface area (Å²) >= 11 is 0. The first-order chi connectivity index (χ1) is 20.9. The standard InChI is InChI=1S/C29H40FN5O9/c30-20-10-6-17(7-11-20)15-23(33-25(38)19-8-4-18(16-31)5-9-19)26(39)32-14-2-1-3-21(27(40)41)34-29(44)35-22(28(42)43)12-13-24(36)37/h6-7,10-12,18-19,21,23H,1-5,8-9,13-16,31H2,(H,32,39)(H,33,38)(H,36,37)(H,40,41)(H,42,43)(H2,34,35,44)/b22-12+/t18?,19?,21-,23-/m0/s1. The zero-order valence-corrected chi connectivity index (χ0v) is 24.2. The number of carbonyl (C=O) groups excluding carboxylic acids is 3. The van der Waals surface area contributed by atoms with Crippen LogP contribution in [0.3, 0.4) is 0 Å². The summed E-state index contributed by atoms with van der Waals surface area (Å²) in [6, 6.07) is 2.15. The molecule has 0 saturated heterocycles. The summed E-state index contributed by atoms with van der Waals surface area (Å²) in [6.45, 7) is 0.702. The molecule has 9 N–H and O–H groups in total. The van der Waals surface area contributed by atoms with Crippen LogP contribution in [0.4, 0.5) is 9.18 Å². The molecule has 0 bridgehead atoms. The lowest BCUT2D eigenvalue weighted by atomic mass is 9.81. The Labute approximate surface area is 253 Å². The molecule has 2 rings (SSSR count). The highest BCUT2D eigenvalue weighted by atomic mass is 19.1. The SMILES string of the molecule is NCC1CCC(C(=O)N[C@@H](Cc2ccc(F)cc2)C(=O)NCCCC[C@H](NC(=O)N/C(=C/CC(=O)O)C(=O)O)C(=O)O)CC1. The summed E-state index contributed by atoms with van der Waals surface area (Å²) in [4.78, 5) is 71.6. The second-order valence-corrected chi connectivity index (χ2v) is 10.6. The average molecular weight is 622 g/mol. The molecular weight excluding hydrogens is 581 g/mol. The highest BCUT2D eigenvalue weighted by Gasteiger charge is 2.29. The van der Waals surface area contributed by atoms with Crippen LogP contribution in [-0.4, -0.2) is 76.2 Å². The number of rotatable bonds is 17. The van der Waals surface area contributed by atoms with Gasteiger partial charge < -0.3 is 42.3 Å². The normalized spacial score (nSPS) is 17.9. The van der Waals surface area contributed by atoms with E-state index in [1.807, 2.05) is 5.32 Å². The third-order valence-electron chi connectivity index (χ3n) is 7.32. The van der Waals surface area contributed by atoms with Gasteiger partial charge in [-0.2, -0.15) is 0 Å². The van der Waals surface area contributed by atoms with E-state index in [1.54, 1.807) is 0 Å². The predicted molar refractivity (Wildman–Crippen MR) is 154 cm³/mol. The smallest absolute Gasteiger partial charge is 0.352 e. The number of aliphatic carboxylic acids is 3. The van der Waals surface area contributed by atoms with Gasteiger partial charge in [-0.25, -0.2) is 18.8 Å². The van der Waals surface area contributed by atoms with Crippen molar-refractivity contribution in [2.75, 3.05) is 13.1 Å². The van der Waals surface area contributed by atoms with Gasteiger partial charge in [-0.05, 0) is 81.2 Å². The molecule has 0 aliphatic heterocycles. The second kappa shape index (κ2) is 18.2. The Hall–Kier alpha value is -4.53. The lowest BCUT2D eigenvalue weighted by Gasteiger charge is -2.28. The van der Waals surface area contributed by atoms with E-state index in [9.17, 15) is 38.3 Å². The number of halogens is 1. The van der Waals surface area contributed by atoms with Gasteiger partial charge in [-0.15, -0.1) is 0 Å². The van der Waals surface area contributed by atoms with Crippen LogP contribution >= 0.6 is 0 Å². The van der Waals surface area contributed by atoms with E-state index in [-0.39, 0.29) is 37.6 Å². The highest BCUT2D eigenvalue weighted by Crippen LogP contribution is 2.28. The molecule has 1 aromatic rings. The first kappa shape index (κ1) is 35.7. The summed E-state index contributed by atoms with van der Waals surface area (Å²) < 4.78 is 13.4. The van der Waals surface area contributed by atoms with Crippen LogP contribution in [-0.2, 0) is 30.4 Å². The lowest BCUT2D eigenvalue weighted by molar-refractivity contribution is -0.139. The minimum Gasteiger partial charge on any atom is -0.481 e. The van der Waals surface area contributed by atoms with E-state index in [0.717, 1.165) is 18.9 Å².